The molecule has 6 atom stereocenters. The summed E-state index contributed by atoms with van der Waals surface area (Å²) >= 11 is 0. The first-order chi connectivity index (χ1) is 20.1. The molecule has 0 spiro atoms. The van der Waals surface area contributed by atoms with Gasteiger partial charge >= 0.3 is 13.7 Å². The second kappa shape index (κ2) is 12.1. The fourth-order valence-electron chi connectivity index (χ4n) is 4.47. The second-order valence-electron chi connectivity index (χ2n) is 10.0. The van der Waals surface area contributed by atoms with Crippen LogP contribution < -0.4 is 20.7 Å². The zero-order valence-corrected chi connectivity index (χ0v) is 23.8. The number of halogens is 1. The first-order valence-electron chi connectivity index (χ1n) is 13.4. The van der Waals surface area contributed by atoms with E-state index in [4.69, 9.17) is 24.3 Å². The topological polar surface area (TPSA) is 205 Å². The van der Waals surface area contributed by atoms with E-state index in [0.717, 1.165) is 12.8 Å². The maximum atomic E-state index is 16.2. The summed E-state index contributed by atoms with van der Waals surface area (Å²) in [5.41, 5.74) is 3.56. The lowest BCUT2D eigenvalue weighted by molar-refractivity contribution is -0.144. The molecule has 1 saturated heterocycles. The molecule has 42 heavy (non-hydrogen) atoms. The van der Waals surface area contributed by atoms with E-state index in [1.165, 1.54) is 30.0 Å². The van der Waals surface area contributed by atoms with Gasteiger partial charge in [0.1, 0.15) is 24.0 Å². The molecule has 17 heteroatoms. The van der Waals surface area contributed by atoms with Gasteiger partial charge in [-0.25, -0.2) is 13.9 Å². The molecule has 1 aliphatic carbocycles. The lowest BCUT2D eigenvalue weighted by Gasteiger charge is -2.27. The van der Waals surface area contributed by atoms with Crippen molar-refractivity contribution in [2.24, 2.45) is 0 Å². The number of ether oxygens (including phenoxy) is 2. The lowest BCUT2D eigenvalue weighted by Crippen LogP contribution is -2.46. The number of rotatable bonds is 13. The number of carbonyl (C=O) groups excluding carboxylic acids is 1. The average molecular weight is 610 g/mol. The van der Waals surface area contributed by atoms with Gasteiger partial charge in [0.15, 0.2) is 23.2 Å². The molecule has 1 unspecified atom stereocenters. The molecule has 6 N–H and O–H groups in total. The normalized spacial score (nSPS) is 26.1. The standard InChI is InChI=1S/C25H33FN7O8P/c1-3-38-22(36)14(2)32-42(37,41-16-7-5-4-6-8-16)39-11-17-19(35)25(26,12-34)23(40-17)33-13-28-18-20(29-15-9-10-15)30-24(27)31-21(18)33/h4-8,13-15,17,19,23,34-35H,3,9-12H2,1-2H3,(H,32,37)(H3,27,29,30,31)/t14-,17+,19+,23+,25+,42?/m0/s1. The van der Waals surface area contributed by atoms with Crippen LogP contribution in [0.5, 0.6) is 5.75 Å². The van der Waals surface area contributed by atoms with Gasteiger partial charge in [-0.1, -0.05) is 18.2 Å². The molecule has 1 aromatic carbocycles. The summed E-state index contributed by atoms with van der Waals surface area (Å²) in [6.45, 7) is 1.32. The van der Waals surface area contributed by atoms with Gasteiger partial charge in [-0.2, -0.15) is 15.1 Å². The minimum Gasteiger partial charge on any atom is -0.465 e. The molecule has 1 aliphatic heterocycles. The number of alkyl halides is 1. The molecule has 3 aromatic rings. The molecule has 0 bridgehead atoms. The summed E-state index contributed by atoms with van der Waals surface area (Å²) in [5, 5.41) is 26.7. The van der Waals surface area contributed by atoms with Crippen LogP contribution in [0.15, 0.2) is 36.7 Å². The van der Waals surface area contributed by atoms with Crippen LogP contribution in [0.1, 0.15) is 32.9 Å². The highest BCUT2D eigenvalue weighted by Crippen LogP contribution is 2.48. The van der Waals surface area contributed by atoms with Gasteiger partial charge in [0, 0.05) is 6.04 Å². The van der Waals surface area contributed by atoms with Crippen LogP contribution in [0, 0.1) is 0 Å². The number of hydrogen-bond acceptors (Lipinski definition) is 13. The third-order valence-electron chi connectivity index (χ3n) is 6.78. The molecular weight excluding hydrogens is 576 g/mol. The third-order valence-corrected chi connectivity index (χ3v) is 8.42. The molecule has 228 valence electrons. The summed E-state index contributed by atoms with van der Waals surface area (Å²) < 4.78 is 53.1. The van der Waals surface area contributed by atoms with E-state index in [2.05, 4.69) is 25.4 Å². The molecule has 2 fully saturated rings. The van der Waals surface area contributed by atoms with Crippen LogP contribution >= 0.6 is 7.75 Å². The van der Waals surface area contributed by atoms with E-state index in [9.17, 15) is 19.6 Å². The smallest absolute Gasteiger partial charge is 0.459 e. The quantitative estimate of drug-likeness (QED) is 0.138. The fourth-order valence-corrected chi connectivity index (χ4v) is 5.97. The monoisotopic (exact) mass is 609 g/mol. The summed E-state index contributed by atoms with van der Waals surface area (Å²) in [6, 6.07) is 7.14. The van der Waals surface area contributed by atoms with Crippen LogP contribution in [0.3, 0.4) is 0 Å². The molecule has 3 heterocycles. The predicted molar refractivity (Wildman–Crippen MR) is 147 cm³/mol. The number of aromatic nitrogens is 4. The third kappa shape index (κ3) is 6.19. The second-order valence-corrected chi connectivity index (χ2v) is 11.7. The van der Waals surface area contributed by atoms with E-state index >= 15 is 4.39 Å². The Balaban J connectivity index is 1.39. The van der Waals surface area contributed by atoms with E-state index in [0.29, 0.717) is 11.3 Å². The number of esters is 1. The Hall–Kier alpha value is -3.40. The number of aliphatic hydroxyl groups excluding tert-OH is 2. The number of para-hydroxylation sites is 1. The van der Waals surface area contributed by atoms with Crippen molar-refractivity contribution in [2.75, 3.05) is 30.9 Å². The molecule has 1 saturated carbocycles. The van der Waals surface area contributed by atoms with E-state index < -0.39 is 57.1 Å². The minimum atomic E-state index is -4.34. The maximum Gasteiger partial charge on any atom is 0.459 e. The van der Waals surface area contributed by atoms with Gasteiger partial charge < -0.3 is 35.3 Å². The highest BCUT2D eigenvalue weighted by atomic mass is 31.2. The lowest BCUT2D eigenvalue weighted by atomic mass is 9.97. The number of anilines is 2. The number of imidazole rings is 1. The number of nitrogens with two attached hydrogens (primary N) is 1. The van der Waals surface area contributed by atoms with Crippen LogP contribution in [-0.4, -0.2) is 85.5 Å². The van der Waals surface area contributed by atoms with E-state index in [1.807, 2.05) is 0 Å². The van der Waals surface area contributed by atoms with E-state index in [-0.39, 0.29) is 30.0 Å². The summed E-state index contributed by atoms with van der Waals surface area (Å²) in [5.74, 6) is -0.281. The number of benzene rings is 1. The predicted octanol–water partition coefficient (Wildman–Crippen LogP) is 1.69. The van der Waals surface area contributed by atoms with Crippen LogP contribution in [0.4, 0.5) is 16.2 Å². The fraction of sp³-hybridized carbons (Fsp3) is 0.520. The number of nitrogens with one attached hydrogen (secondary N) is 2. The van der Waals surface area contributed by atoms with E-state index in [1.54, 1.807) is 25.1 Å². The molecule has 0 radical (unpaired) electrons. The van der Waals surface area contributed by atoms with Crippen molar-refractivity contribution in [1.29, 1.82) is 0 Å². The number of fused-ring (bicyclic) bond motifs is 1. The Kier molecular flexibility index (Phi) is 8.64. The number of nitrogen functional groups attached to an aromatic ring is 1. The van der Waals surface area contributed by atoms with Gasteiger partial charge in [0.2, 0.25) is 11.6 Å². The van der Waals surface area contributed by atoms with Crippen LogP contribution in [0.25, 0.3) is 11.2 Å². The zero-order valence-electron chi connectivity index (χ0n) is 22.9. The molecule has 0 amide bonds. The van der Waals surface area contributed by atoms with Crippen LogP contribution in [0.2, 0.25) is 0 Å². The van der Waals surface area contributed by atoms with Gasteiger partial charge in [-0.05, 0) is 38.8 Å². The first kappa shape index (κ1) is 30.1. The Morgan fingerprint density at radius 1 is 1.33 bits per heavy atom. The van der Waals surface area contributed by atoms with Gasteiger partial charge in [-0.3, -0.25) is 13.9 Å². The number of aliphatic hydroxyl groups is 2. The Labute approximate surface area is 240 Å². The highest BCUT2D eigenvalue weighted by Gasteiger charge is 2.59. The number of carbonyl (C=O) groups is 1. The summed E-state index contributed by atoms with van der Waals surface area (Å²) in [7, 11) is -4.34. The molecule has 15 nitrogen and oxygen atoms in total. The Morgan fingerprint density at radius 2 is 2.07 bits per heavy atom. The SMILES string of the molecule is CCOC(=O)[C@H](C)NP(=O)(OC[C@H]1O[C@@H](n2cnc3c(NC4CC4)nc(N)nc32)[C@@](F)(CO)[C@@H]1O)Oc1ccccc1. The largest absolute Gasteiger partial charge is 0.465 e. The number of nitrogens with zero attached hydrogens (tertiary/aromatic N) is 4. The first-order valence-corrected chi connectivity index (χ1v) is 14.9. The number of hydrogen-bond donors (Lipinski definition) is 5. The summed E-state index contributed by atoms with van der Waals surface area (Å²) in [4.78, 5) is 24.9. The Bertz CT molecular complexity index is 1460. The zero-order chi connectivity index (χ0) is 30.1. The molecule has 2 aromatic heterocycles. The molecule has 2 aliphatic rings. The van der Waals surface area contributed by atoms with Crippen molar-refractivity contribution in [2.45, 2.75) is 62.9 Å². The van der Waals surface area contributed by atoms with Gasteiger partial charge in [0.25, 0.3) is 0 Å². The maximum absolute atomic E-state index is 16.2. The average Bonchev–Trinajstić information content (AvgIpc) is 3.62. The van der Waals surface area contributed by atoms with Crippen molar-refractivity contribution in [3.63, 3.8) is 0 Å². The van der Waals surface area contributed by atoms with Crippen molar-refractivity contribution in [3.05, 3.63) is 36.7 Å². The Morgan fingerprint density at radius 3 is 2.74 bits per heavy atom. The van der Waals surface area contributed by atoms with Gasteiger partial charge in [-0.15, -0.1) is 0 Å². The van der Waals surface area contributed by atoms with Crippen LogP contribution in [-0.2, 0) is 23.4 Å². The van der Waals surface area contributed by atoms with Crippen molar-refractivity contribution < 1.29 is 42.5 Å². The molecular formula is C25H33FN7O8P. The molecule has 5 rings (SSSR count). The highest BCUT2D eigenvalue weighted by molar-refractivity contribution is 7.52. The summed E-state index contributed by atoms with van der Waals surface area (Å²) in [6.07, 6.45) is -1.86. The van der Waals surface area contributed by atoms with Crippen molar-refractivity contribution in [3.8, 4) is 5.75 Å². The van der Waals surface area contributed by atoms with Crippen molar-refractivity contribution in [1.82, 2.24) is 24.6 Å². The minimum absolute atomic E-state index is 0.0937. The van der Waals surface area contributed by atoms with Gasteiger partial charge in [0.05, 0.1) is 26.1 Å². The van der Waals surface area contributed by atoms with Crippen molar-refractivity contribution >= 4 is 36.6 Å².